The second kappa shape index (κ2) is 7.34. The quantitative estimate of drug-likeness (QED) is 0.860. The molecule has 0 unspecified atom stereocenters. The molecule has 1 aliphatic heterocycles. The number of rotatable bonds is 5. The lowest BCUT2D eigenvalue weighted by Crippen LogP contribution is -2.62. The number of nitrogens with zero attached hydrogens (tertiary/aromatic N) is 1. The SMILES string of the molecule is CCO[C@H]1C[C@@H](NC(=O)c2ccc(N3CCC(O)CC3)cc2)C1(C)C. The molecule has 1 heterocycles. The predicted molar refractivity (Wildman–Crippen MR) is 99.0 cm³/mol. The molecule has 5 nitrogen and oxygen atoms in total. The van der Waals surface area contributed by atoms with Gasteiger partial charge in [0.2, 0.25) is 0 Å². The number of ether oxygens (including phenoxy) is 1. The normalized spacial score (nSPS) is 26.2. The topological polar surface area (TPSA) is 61.8 Å². The van der Waals surface area contributed by atoms with E-state index in [-0.39, 0.29) is 29.6 Å². The van der Waals surface area contributed by atoms with Crippen molar-refractivity contribution in [2.45, 2.75) is 58.3 Å². The molecule has 0 spiro atoms. The number of anilines is 1. The van der Waals surface area contributed by atoms with Gasteiger partial charge >= 0.3 is 0 Å². The third-order valence-electron chi connectivity index (χ3n) is 5.81. The zero-order valence-corrected chi connectivity index (χ0v) is 15.5. The Bertz CT molecular complexity index is 591. The first kappa shape index (κ1) is 18.2. The van der Waals surface area contributed by atoms with Crippen LogP contribution in [0, 0.1) is 5.41 Å². The van der Waals surface area contributed by atoms with Crippen LogP contribution in [0.25, 0.3) is 0 Å². The molecule has 138 valence electrons. The number of aliphatic hydroxyl groups is 1. The lowest BCUT2D eigenvalue weighted by Gasteiger charge is -2.51. The lowest BCUT2D eigenvalue weighted by molar-refractivity contribution is -0.111. The van der Waals surface area contributed by atoms with Crippen LogP contribution in [0.1, 0.15) is 50.4 Å². The molecule has 2 aliphatic rings. The Balaban J connectivity index is 1.56. The number of carbonyl (C=O) groups excluding carboxylic acids is 1. The van der Waals surface area contributed by atoms with Gasteiger partial charge in [-0.3, -0.25) is 4.79 Å². The fraction of sp³-hybridized carbons (Fsp3) is 0.650. The summed E-state index contributed by atoms with van der Waals surface area (Å²) >= 11 is 0. The third-order valence-corrected chi connectivity index (χ3v) is 5.81. The summed E-state index contributed by atoms with van der Waals surface area (Å²) in [7, 11) is 0. The van der Waals surface area contributed by atoms with Crippen molar-refractivity contribution < 1.29 is 14.6 Å². The van der Waals surface area contributed by atoms with Crippen LogP contribution in [0.4, 0.5) is 5.69 Å². The van der Waals surface area contributed by atoms with Gasteiger partial charge in [-0.05, 0) is 50.5 Å². The molecular formula is C20H30N2O3. The van der Waals surface area contributed by atoms with Crippen LogP contribution >= 0.6 is 0 Å². The molecule has 1 aliphatic carbocycles. The first-order valence-electron chi connectivity index (χ1n) is 9.37. The molecule has 2 atom stereocenters. The zero-order chi connectivity index (χ0) is 18.0. The molecule has 0 aromatic heterocycles. The van der Waals surface area contributed by atoms with Gasteiger partial charge in [0.15, 0.2) is 0 Å². The van der Waals surface area contributed by atoms with Gasteiger partial charge in [-0.2, -0.15) is 0 Å². The molecule has 1 saturated heterocycles. The molecule has 25 heavy (non-hydrogen) atoms. The molecule has 1 saturated carbocycles. The van der Waals surface area contributed by atoms with Crippen molar-refractivity contribution in [2.24, 2.45) is 5.41 Å². The maximum atomic E-state index is 12.5. The zero-order valence-electron chi connectivity index (χ0n) is 15.5. The largest absolute Gasteiger partial charge is 0.393 e. The predicted octanol–water partition coefficient (Wildman–Crippen LogP) is 2.58. The number of hydrogen-bond acceptors (Lipinski definition) is 4. The van der Waals surface area contributed by atoms with Gasteiger partial charge in [-0.15, -0.1) is 0 Å². The molecule has 2 N–H and O–H groups in total. The van der Waals surface area contributed by atoms with Crippen LogP contribution < -0.4 is 10.2 Å². The molecule has 2 fully saturated rings. The summed E-state index contributed by atoms with van der Waals surface area (Å²) in [5.41, 5.74) is 1.78. The van der Waals surface area contributed by atoms with Gasteiger partial charge in [0.1, 0.15) is 0 Å². The van der Waals surface area contributed by atoms with E-state index in [1.165, 1.54) is 0 Å². The minimum absolute atomic E-state index is 0.0198. The Kier molecular flexibility index (Phi) is 5.35. The van der Waals surface area contributed by atoms with Crippen LogP contribution in [0.3, 0.4) is 0 Å². The number of nitrogens with one attached hydrogen (secondary N) is 1. The van der Waals surface area contributed by atoms with Gasteiger partial charge in [-0.1, -0.05) is 13.8 Å². The summed E-state index contributed by atoms with van der Waals surface area (Å²) < 4.78 is 5.73. The van der Waals surface area contributed by atoms with Crippen LogP contribution in [0.2, 0.25) is 0 Å². The van der Waals surface area contributed by atoms with Gasteiger partial charge in [0, 0.05) is 42.4 Å². The molecule has 3 rings (SSSR count). The summed E-state index contributed by atoms with van der Waals surface area (Å²) in [6.07, 6.45) is 2.54. The number of aliphatic hydroxyl groups excluding tert-OH is 1. The molecular weight excluding hydrogens is 316 g/mol. The first-order chi connectivity index (χ1) is 11.9. The average molecular weight is 346 g/mol. The number of benzene rings is 1. The van der Waals surface area contributed by atoms with Gasteiger partial charge in [-0.25, -0.2) is 0 Å². The number of amides is 1. The van der Waals surface area contributed by atoms with Crippen LogP contribution in [0.15, 0.2) is 24.3 Å². The van der Waals surface area contributed by atoms with E-state index >= 15 is 0 Å². The summed E-state index contributed by atoms with van der Waals surface area (Å²) in [5, 5.41) is 12.8. The summed E-state index contributed by atoms with van der Waals surface area (Å²) in [6.45, 7) is 8.74. The summed E-state index contributed by atoms with van der Waals surface area (Å²) in [4.78, 5) is 14.8. The average Bonchev–Trinajstić information content (AvgIpc) is 2.61. The van der Waals surface area contributed by atoms with Crippen LogP contribution in [-0.2, 0) is 4.74 Å². The van der Waals surface area contributed by atoms with Crippen molar-refractivity contribution >= 4 is 11.6 Å². The maximum absolute atomic E-state index is 12.5. The van der Waals surface area contributed by atoms with Crippen molar-refractivity contribution in [1.82, 2.24) is 5.32 Å². The van der Waals surface area contributed by atoms with Crippen molar-refractivity contribution in [3.8, 4) is 0 Å². The van der Waals surface area contributed by atoms with Crippen LogP contribution in [0.5, 0.6) is 0 Å². The minimum atomic E-state index is -0.173. The molecule has 0 bridgehead atoms. The lowest BCUT2D eigenvalue weighted by atomic mass is 9.64. The third kappa shape index (κ3) is 3.82. The Hall–Kier alpha value is -1.59. The standard InChI is InChI=1S/C20H30N2O3/c1-4-25-18-13-17(20(18,2)3)21-19(24)14-5-7-15(8-6-14)22-11-9-16(23)10-12-22/h5-8,16-18,23H,4,9-13H2,1-3H3,(H,21,24)/t17-,18+/m1/s1. The van der Waals surface area contributed by atoms with E-state index in [0.717, 1.165) is 38.0 Å². The number of carbonyl (C=O) groups is 1. The highest BCUT2D eigenvalue weighted by Gasteiger charge is 2.49. The minimum Gasteiger partial charge on any atom is -0.393 e. The Morgan fingerprint density at radius 1 is 1.28 bits per heavy atom. The second-order valence-electron chi connectivity index (χ2n) is 7.79. The maximum Gasteiger partial charge on any atom is 0.251 e. The van der Waals surface area contributed by atoms with E-state index in [1.54, 1.807) is 0 Å². The van der Waals surface area contributed by atoms with E-state index < -0.39 is 0 Å². The van der Waals surface area contributed by atoms with E-state index in [2.05, 4.69) is 24.1 Å². The molecule has 5 heteroatoms. The molecule has 0 radical (unpaired) electrons. The Labute approximate surface area is 150 Å². The second-order valence-corrected chi connectivity index (χ2v) is 7.79. The van der Waals surface area contributed by atoms with E-state index in [1.807, 2.05) is 31.2 Å². The molecule has 1 aromatic carbocycles. The van der Waals surface area contributed by atoms with Crippen LogP contribution in [-0.4, -0.2) is 49.0 Å². The van der Waals surface area contributed by atoms with Crippen molar-refractivity contribution in [3.63, 3.8) is 0 Å². The monoisotopic (exact) mass is 346 g/mol. The van der Waals surface area contributed by atoms with E-state index in [9.17, 15) is 9.90 Å². The van der Waals surface area contributed by atoms with Crippen molar-refractivity contribution in [2.75, 3.05) is 24.6 Å². The van der Waals surface area contributed by atoms with Crippen molar-refractivity contribution in [1.29, 1.82) is 0 Å². The summed E-state index contributed by atoms with van der Waals surface area (Å²) in [5.74, 6) is -0.0198. The highest BCUT2D eigenvalue weighted by Crippen LogP contribution is 2.42. The fourth-order valence-corrected chi connectivity index (χ4v) is 3.80. The van der Waals surface area contributed by atoms with Gasteiger partial charge in [0.05, 0.1) is 12.2 Å². The van der Waals surface area contributed by atoms with E-state index in [4.69, 9.17) is 4.74 Å². The van der Waals surface area contributed by atoms with Gasteiger partial charge in [0.25, 0.3) is 5.91 Å². The summed E-state index contributed by atoms with van der Waals surface area (Å²) in [6, 6.07) is 7.94. The highest BCUT2D eigenvalue weighted by molar-refractivity contribution is 5.94. The fourth-order valence-electron chi connectivity index (χ4n) is 3.80. The van der Waals surface area contributed by atoms with E-state index in [0.29, 0.717) is 12.2 Å². The smallest absolute Gasteiger partial charge is 0.251 e. The van der Waals surface area contributed by atoms with Gasteiger partial charge < -0.3 is 20.1 Å². The Morgan fingerprint density at radius 2 is 1.92 bits per heavy atom. The molecule has 1 aromatic rings. The van der Waals surface area contributed by atoms with Crippen molar-refractivity contribution in [3.05, 3.63) is 29.8 Å². The number of hydrogen-bond donors (Lipinski definition) is 2. The Morgan fingerprint density at radius 3 is 2.48 bits per heavy atom. The first-order valence-corrected chi connectivity index (χ1v) is 9.37. The number of piperidine rings is 1. The molecule has 1 amide bonds. The highest BCUT2D eigenvalue weighted by atomic mass is 16.5.